The Morgan fingerprint density at radius 2 is 2.29 bits per heavy atom. The van der Waals surface area contributed by atoms with Crippen LogP contribution in [-0.2, 0) is 6.42 Å². The summed E-state index contributed by atoms with van der Waals surface area (Å²) < 4.78 is 13.5. The number of thiazole rings is 1. The minimum absolute atomic E-state index is 0.0332. The van der Waals surface area contributed by atoms with Gasteiger partial charge in [0.05, 0.1) is 16.1 Å². The fraction of sp³-hybridized carbons (Fsp3) is 0.167. The highest BCUT2D eigenvalue weighted by atomic mass is 35.5. The lowest BCUT2D eigenvalue weighted by Crippen LogP contribution is -2.05. The van der Waals surface area contributed by atoms with Crippen LogP contribution >= 0.6 is 22.9 Å². The molecule has 0 aliphatic heterocycles. The van der Waals surface area contributed by atoms with Gasteiger partial charge < -0.3 is 0 Å². The number of benzene rings is 1. The van der Waals surface area contributed by atoms with Crippen LogP contribution in [0.1, 0.15) is 20.9 Å². The average molecular weight is 270 g/mol. The number of ketones is 1. The molecule has 0 saturated heterocycles. The fourth-order valence-corrected chi connectivity index (χ4v) is 2.48. The molecule has 2 nitrogen and oxygen atoms in total. The Bertz CT molecular complexity index is 547. The van der Waals surface area contributed by atoms with E-state index >= 15 is 0 Å². The van der Waals surface area contributed by atoms with E-state index in [0.29, 0.717) is 10.6 Å². The van der Waals surface area contributed by atoms with Crippen molar-refractivity contribution in [1.82, 2.24) is 4.98 Å². The third kappa shape index (κ3) is 2.53. The number of nitrogens with zero attached hydrogens (tertiary/aromatic N) is 1. The van der Waals surface area contributed by atoms with Gasteiger partial charge in [0.1, 0.15) is 5.82 Å². The minimum atomic E-state index is -0.451. The summed E-state index contributed by atoms with van der Waals surface area (Å²) in [5, 5.41) is 0.278. The quantitative estimate of drug-likeness (QED) is 0.796. The van der Waals surface area contributed by atoms with Crippen molar-refractivity contribution in [3.63, 3.8) is 0 Å². The van der Waals surface area contributed by atoms with Gasteiger partial charge >= 0.3 is 0 Å². The zero-order valence-electron chi connectivity index (χ0n) is 9.04. The number of Topliss-reactive ketones (excluding diaryl/α,β-unsaturated/α-hetero) is 1. The van der Waals surface area contributed by atoms with Gasteiger partial charge in [-0.3, -0.25) is 4.79 Å². The van der Waals surface area contributed by atoms with E-state index < -0.39 is 5.82 Å². The number of halogens is 2. The van der Waals surface area contributed by atoms with Crippen LogP contribution in [0.5, 0.6) is 0 Å². The normalized spacial score (nSPS) is 10.5. The molecular weight excluding hydrogens is 261 g/mol. The van der Waals surface area contributed by atoms with Crippen molar-refractivity contribution in [2.75, 3.05) is 0 Å². The van der Waals surface area contributed by atoms with Gasteiger partial charge in [-0.15, -0.1) is 11.3 Å². The van der Waals surface area contributed by atoms with E-state index in [4.69, 9.17) is 11.6 Å². The maximum Gasteiger partial charge on any atom is 0.179 e. The number of aryl methyl sites for hydroxylation is 1. The third-order valence-corrected chi connectivity index (χ3v) is 3.72. The summed E-state index contributed by atoms with van der Waals surface area (Å²) in [5.41, 5.74) is 2.52. The predicted octanol–water partition coefficient (Wildman–Crippen LogP) is 3.67. The lowest BCUT2D eigenvalue weighted by atomic mass is 10.1. The van der Waals surface area contributed by atoms with Crippen LogP contribution in [0.15, 0.2) is 23.7 Å². The lowest BCUT2D eigenvalue weighted by molar-refractivity contribution is 0.0995. The van der Waals surface area contributed by atoms with Gasteiger partial charge in [-0.2, -0.15) is 0 Å². The van der Waals surface area contributed by atoms with E-state index in [1.165, 1.54) is 23.5 Å². The zero-order valence-corrected chi connectivity index (χ0v) is 10.6. The molecule has 1 heterocycles. The van der Waals surface area contributed by atoms with E-state index in [1.807, 2.05) is 0 Å². The van der Waals surface area contributed by atoms with Crippen LogP contribution in [0, 0.1) is 12.7 Å². The summed E-state index contributed by atoms with van der Waals surface area (Å²) in [7, 11) is 0. The van der Waals surface area contributed by atoms with Gasteiger partial charge in [-0.05, 0) is 19.1 Å². The van der Waals surface area contributed by atoms with Crippen LogP contribution < -0.4 is 0 Å². The number of carbonyl (C=O) groups excluding carboxylic acids is 1. The maximum atomic E-state index is 13.5. The van der Waals surface area contributed by atoms with Crippen LogP contribution in [-0.4, -0.2) is 10.8 Å². The SMILES string of the molecule is Cc1ncsc1C(=O)Cc1c(F)cccc1Cl. The Labute approximate surface area is 107 Å². The van der Waals surface area contributed by atoms with Gasteiger partial charge in [-0.1, -0.05) is 17.7 Å². The molecule has 0 amide bonds. The largest absolute Gasteiger partial charge is 0.293 e. The summed E-state index contributed by atoms with van der Waals surface area (Å²) in [6.07, 6.45) is -0.0332. The van der Waals surface area contributed by atoms with Crippen molar-refractivity contribution in [3.05, 3.63) is 50.7 Å². The van der Waals surface area contributed by atoms with Crippen molar-refractivity contribution in [2.24, 2.45) is 0 Å². The summed E-state index contributed by atoms with van der Waals surface area (Å²) in [6, 6.07) is 4.39. The second kappa shape index (κ2) is 4.94. The van der Waals surface area contributed by atoms with E-state index in [1.54, 1.807) is 18.5 Å². The molecule has 0 aliphatic rings. The van der Waals surface area contributed by atoms with Crippen LogP contribution in [0.4, 0.5) is 4.39 Å². The summed E-state index contributed by atoms with van der Waals surface area (Å²) in [6.45, 7) is 1.76. The second-order valence-corrected chi connectivity index (χ2v) is 4.83. The molecule has 1 aromatic heterocycles. The highest BCUT2D eigenvalue weighted by Crippen LogP contribution is 2.22. The molecular formula is C12H9ClFNOS. The number of hydrogen-bond acceptors (Lipinski definition) is 3. The van der Waals surface area contributed by atoms with Gasteiger partial charge in [0.15, 0.2) is 5.78 Å². The molecule has 17 heavy (non-hydrogen) atoms. The first-order valence-corrected chi connectivity index (χ1v) is 6.21. The number of aromatic nitrogens is 1. The minimum Gasteiger partial charge on any atom is -0.293 e. The first-order chi connectivity index (χ1) is 8.09. The third-order valence-electron chi connectivity index (χ3n) is 2.40. The molecule has 5 heteroatoms. The standard InChI is InChI=1S/C12H9ClFNOS/c1-7-12(17-6-15-7)11(16)5-8-9(13)3-2-4-10(8)14/h2-4,6H,5H2,1H3. The molecule has 0 unspecified atom stereocenters. The number of carbonyl (C=O) groups is 1. The van der Waals surface area contributed by atoms with Gasteiger partial charge in [0, 0.05) is 17.0 Å². The molecule has 0 spiro atoms. The highest BCUT2D eigenvalue weighted by Gasteiger charge is 2.16. The van der Waals surface area contributed by atoms with Crippen molar-refractivity contribution < 1.29 is 9.18 Å². The average Bonchev–Trinajstić information content (AvgIpc) is 2.70. The summed E-state index contributed by atoms with van der Waals surface area (Å²) >= 11 is 7.13. The second-order valence-electron chi connectivity index (χ2n) is 3.57. The molecule has 0 radical (unpaired) electrons. The smallest absolute Gasteiger partial charge is 0.179 e. The molecule has 0 bridgehead atoms. The predicted molar refractivity (Wildman–Crippen MR) is 66.3 cm³/mol. The highest BCUT2D eigenvalue weighted by molar-refractivity contribution is 7.11. The molecule has 0 aliphatic carbocycles. The Balaban J connectivity index is 2.28. The van der Waals surface area contributed by atoms with Gasteiger partial charge in [-0.25, -0.2) is 9.37 Å². The summed E-state index contributed by atoms with van der Waals surface area (Å²) in [5.74, 6) is -0.606. The van der Waals surface area contributed by atoms with Gasteiger partial charge in [0.2, 0.25) is 0 Å². The monoisotopic (exact) mass is 269 g/mol. The molecule has 0 fully saturated rings. The molecule has 2 aromatic rings. The number of hydrogen-bond donors (Lipinski definition) is 0. The lowest BCUT2D eigenvalue weighted by Gasteiger charge is -2.04. The van der Waals surface area contributed by atoms with Crippen LogP contribution in [0.25, 0.3) is 0 Å². The topological polar surface area (TPSA) is 30.0 Å². The van der Waals surface area contributed by atoms with Crippen LogP contribution in [0.2, 0.25) is 5.02 Å². The first-order valence-electron chi connectivity index (χ1n) is 4.95. The van der Waals surface area contributed by atoms with Crippen molar-refractivity contribution in [1.29, 1.82) is 0 Å². The Morgan fingerprint density at radius 3 is 2.88 bits per heavy atom. The fourth-order valence-electron chi connectivity index (χ4n) is 1.51. The van der Waals surface area contributed by atoms with E-state index in [-0.39, 0.29) is 22.8 Å². The molecule has 2 rings (SSSR count). The maximum absolute atomic E-state index is 13.5. The molecule has 0 atom stereocenters. The molecule has 88 valence electrons. The van der Waals surface area contributed by atoms with E-state index in [0.717, 1.165) is 0 Å². The molecule has 1 aromatic carbocycles. The Morgan fingerprint density at radius 1 is 1.53 bits per heavy atom. The van der Waals surface area contributed by atoms with Gasteiger partial charge in [0.25, 0.3) is 0 Å². The zero-order chi connectivity index (χ0) is 12.4. The van der Waals surface area contributed by atoms with Crippen molar-refractivity contribution in [2.45, 2.75) is 13.3 Å². The van der Waals surface area contributed by atoms with Crippen molar-refractivity contribution in [3.8, 4) is 0 Å². The van der Waals surface area contributed by atoms with Crippen molar-refractivity contribution >= 4 is 28.7 Å². The van der Waals surface area contributed by atoms with E-state index in [9.17, 15) is 9.18 Å². The first kappa shape index (κ1) is 12.2. The molecule has 0 saturated carbocycles. The summed E-state index contributed by atoms with van der Waals surface area (Å²) in [4.78, 5) is 16.5. The number of rotatable bonds is 3. The Hall–Kier alpha value is -1.26. The van der Waals surface area contributed by atoms with E-state index in [2.05, 4.69) is 4.98 Å². The van der Waals surface area contributed by atoms with Crippen LogP contribution in [0.3, 0.4) is 0 Å². The Kier molecular flexibility index (Phi) is 3.54. The molecule has 0 N–H and O–H groups in total.